The van der Waals surface area contributed by atoms with Crippen LogP contribution >= 0.6 is 0 Å². The van der Waals surface area contributed by atoms with Crippen LogP contribution < -0.4 is 16.9 Å². The van der Waals surface area contributed by atoms with Crippen molar-refractivity contribution in [2.24, 2.45) is 0 Å². The molecule has 4 N–H and O–H groups in total. The van der Waals surface area contributed by atoms with E-state index in [9.17, 15) is 0 Å². The van der Waals surface area contributed by atoms with Crippen molar-refractivity contribution in [1.82, 2.24) is 0 Å². The maximum atomic E-state index is 5.53. The molecular weight excluding hydrogens is 111 g/mol. The summed E-state index contributed by atoms with van der Waals surface area (Å²) >= 11 is 0. The second-order valence-electron chi connectivity index (χ2n) is 2.12. The van der Waals surface area contributed by atoms with Crippen molar-refractivity contribution >= 4 is 24.7 Å². The van der Waals surface area contributed by atoms with Gasteiger partial charge in [-0.3, -0.25) is 0 Å². The second-order valence-corrected chi connectivity index (χ2v) is 2.12. The zero-order valence-electron chi connectivity index (χ0n) is 5.39. The van der Waals surface area contributed by atoms with Gasteiger partial charge < -0.3 is 11.5 Å². The van der Waals surface area contributed by atoms with Crippen LogP contribution in [0.4, 0.5) is 11.4 Å². The first kappa shape index (κ1) is 6.01. The number of nitrogen functional groups attached to an aromatic ring is 2. The minimum absolute atomic E-state index is 0.765. The Bertz CT molecular complexity index is 222. The minimum atomic E-state index is 0.765. The fourth-order valence-electron chi connectivity index (χ4n) is 0.699. The molecule has 0 spiro atoms. The molecule has 1 aromatic rings. The topological polar surface area (TPSA) is 52.0 Å². The fraction of sp³-hybridized carbons (Fsp3) is 0. The van der Waals surface area contributed by atoms with E-state index in [2.05, 4.69) is 0 Å². The van der Waals surface area contributed by atoms with E-state index < -0.39 is 0 Å². The maximum absolute atomic E-state index is 5.53. The van der Waals surface area contributed by atoms with Crippen molar-refractivity contribution in [2.75, 3.05) is 11.5 Å². The molecule has 9 heavy (non-hydrogen) atoms. The molecule has 1 aromatic carbocycles. The smallest absolute Gasteiger partial charge is 0.142 e. The van der Waals surface area contributed by atoms with Crippen LogP contribution in [0.5, 0.6) is 0 Å². The lowest BCUT2D eigenvalue weighted by atomic mass is 9.94. The molecule has 0 amide bonds. The summed E-state index contributed by atoms with van der Waals surface area (Å²) in [7, 11) is 1.94. The van der Waals surface area contributed by atoms with E-state index in [-0.39, 0.29) is 0 Å². The first-order valence-corrected chi connectivity index (χ1v) is 2.82. The van der Waals surface area contributed by atoms with E-state index in [4.69, 9.17) is 11.5 Å². The molecule has 0 atom stereocenters. The van der Waals surface area contributed by atoms with Crippen LogP contribution in [-0.2, 0) is 0 Å². The molecule has 0 bridgehead atoms. The average molecular weight is 120 g/mol. The Balaban J connectivity index is 3.17. The lowest BCUT2D eigenvalue weighted by molar-refractivity contribution is 1.71. The summed E-state index contributed by atoms with van der Waals surface area (Å²) < 4.78 is 0. The van der Waals surface area contributed by atoms with E-state index >= 15 is 0 Å². The van der Waals surface area contributed by atoms with Gasteiger partial charge in [0.1, 0.15) is 7.85 Å². The Labute approximate surface area is 55.3 Å². The van der Waals surface area contributed by atoms with Crippen molar-refractivity contribution in [3.8, 4) is 0 Å². The third kappa shape index (κ3) is 1.16. The normalized spacial score (nSPS) is 9.33. The minimum Gasteiger partial charge on any atom is -0.399 e. The van der Waals surface area contributed by atoms with Gasteiger partial charge in [-0.1, -0.05) is 5.46 Å². The Kier molecular flexibility index (Phi) is 1.34. The number of hydrogen-bond donors (Lipinski definition) is 2. The summed E-state index contributed by atoms with van der Waals surface area (Å²) in [5, 5.41) is 0. The van der Waals surface area contributed by atoms with Gasteiger partial charge in [0.05, 0.1) is 0 Å². The maximum Gasteiger partial charge on any atom is 0.142 e. The van der Waals surface area contributed by atoms with Gasteiger partial charge in [-0.25, -0.2) is 0 Å². The molecule has 0 aromatic heterocycles. The number of nitrogens with two attached hydrogens (primary N) is 2. The van der Waals surface area contributed by atoms with E-state index in [0.29, 0.717) is 0 Å². The summed E-state index contributed by atoms with van der Waals surface area (Å²) in [5.41, 5.74) is 13.6. The third-order valence-corrected chi connectivity index (χ3v) is 1.29. The highest BCUT2D eigenvalue weighted by atomic mass is 14.6. The van der Waals surface area contributed by atoms with Crippen LogP contribution in [0.2, 0.25) is 0 Å². The highest BCUT2D eigenvalue weighted by molar-refractivity contribution is 6.35. The summed E-state index contributed by atoms with van der Waals surface area (Å²) in [6.45, 7) is 0. The molecule has 46 valence electrons. The molecule has 0 unspecified atom stereocenters. The molecule has 0 fully saturated rings. The summed E-state index contributed by atoms with van der Waals surface area (Å²) in [5.74, 6) is 0. The molecule has 0 heterocycles. The van der Waals surface area contributed by atoms with E-state index in [1.54, 1.807) is 6.07 Å². The first-order valence-electron chi connectivity index (χ1n) is 2.82. The van der Waals surface area contributed by atoms with Crippen LogP contribution in [0.3, 0.4) is 0 Å². The molecule has 3 heteroatoms. The van der Waals surface area contributed by atoms with Gasteiger partial charge in [-0.2, -0.15) is 0 Å². The zero-order valence-corrected chi connectivity index (χ0v) is 5.39. The van der Waals surface area contributed by atoms with Crippen molar-refractivity contribution in [1.29, 1.82) is 0 Å². The molecule has 0 radical (unpaired) electrons. The van der Waals surface area contributed by atoms with Crippen LogP contribution in [0.25, 0.3) is 0 Å². The number of hydrogen-bond acceptors (Lipinski definition) is 2. The van der Waals surface area contributed by atoms with Gasteiger partial charge in [0, 0.05) is 11.4 Å². The van der Waals surface area contributed by atoms with Crippen LogP contribution in [0.15, 0.2) is 18.2 Å². The molecular formula is C6H9BN2. The fourth-order valence-corrected chi connectivity index (χ4v) is 0.699. The summed E-state index contributed by atoms with van der Waals surface area (Å²) in [6, 6.07) is 5.46. The van der Waals surface area contributed by atoms with Gasteiger partial charge >= 0.3 is 0 Å². The number of rotatable bonds is 0. The zero-order chi connectivity index (χ0) is 6.85. The SMILES string of the molecule is Bc1cc(N)ccc1N. The molecule has 0 saturated heterocycles. The lowest BCUT2D eigenvalue weighted by Gasteiger charge is -1.98. The van der Waals surface area contributed by atoms with E-state index in [0.717, 1.165) is 16.8 Å². The van der Waals surface area contributed by atoms with Gasteiger partial charge in [0.2, 0.25) is 0 Å². The molecule has 2 nitrogen and oxygen atoms in total. The van der Waals surface area contributed by atoms with E-state index in [1.807, 2.05) is 20.0 Å². The Morgan fingerprint density at radius 1 is 1.22 bits per heavy atom. The summed E-state index contributed by atoms with van der Waals surface area (Å²) in [6.07, 6.45) is 0. The highest BCUT2D eigenvalue weighted by Crippen LogP contribution is 2.01. The third-order valence-electron chi connectivity index (χ3n) is 1.29. The van der Waals surface area contributed by atoms with Crippen LogP contribution in [0.1, 0.15) is 0 Å². The predicted molar refractivity (Wildman–Crippen MR) is 43.4 cm³/mol. The van der Waals surface area contributed by atoms with Crippen molar-refractivity contribution in [3.63, 3.8) is 0 Å². The predicted octanol–water partition coefficient (Wildman–Crippen LogP) is -0.891. The second kappa shape index (κ2) is 2.01. The largest absolute Gasteiger partial charge is 0.399 e. The van der Waals surface area contributed by atoms with Gasteiger partial charge in [-0.15, -0.1) is 0 Å². The summed E-state index contributed by atoms with van der Waals surface area (Å²) in [4.78, 5) is 0. The van der Waals surface area contributed by atoms with Gasteiger partial charge in [0.25, 0.3) is 0 Å². The van der Waals surface area contributed by atoms with E-state index in [1.165, 1.54) is 0 Å². The van der Waals surface area contributed by atoms with Crippen LogP contribution in [-0.4, -0.2) is 7.85 Å². The standard InChI is InChI=1S/C6H9BN2/c7-5-3-4(8)1-2-6(5)9/h1-3H,7-9H2. The molecule has 1 rings (SSSR count). The molecule has 0 aliphatic rings. The number of benzene rings is 1. The quantitative estimate of drug-likeness (QED) is 0.344. The Morgan fingerprint density at radius 2 is 1.89 bits per heavy atom. The number of anilines is 2. The molecule has 0 aliphatic carbocycles. The van der Waals surface area contributed by atoms with Crippen LogP contribution in [0, 0.1) is 0 Å². The Hall–Kier alpha value is -1.12. The van der Waals surface area contributed by atoms with Crippen molar-refractivity contribution < 1.29 is 0 Å². The molecule has 0 saturated carbocycles. The average Bonchev–Trinajstić information content (AvgIpc) is 1.80. The first-order chi connectivity index (χ1) is 4.20. The van der Waals surface area contributed by atoms with Crippen molar-refractivity contribution in [2.45, 2.75) is 0 Å². The van der Waals surface area contributed by atoms with Gasteiger partial charge in [-0.05, 0) is 18.2 Å². The van der Waals surface area contributed by atoms with Gasteiger partial charge in [0.15, 0.2) is 0 Å². The monoisotopic (exact) mass is 120 g/mol. The Morgan fingerprint density at radius 3 is 2.33 bits per heavy atom. The lowest BCUT2D eigenvalue weighted by Crippen LogP contribution is -2.09. The highest BCUT2D eigenvalue weighted by Gasteiger charge is 1.90. The molecule has 0 aliphatic heterocycles. The van der Waals surface area contributed by atoms with Crippen molar-refractivity contribution in [3.05, 3.63) is 18.2 Å².